The molecule has 1 amide bonds. The van der Waals surface area contributed by atoms with Crippen molar-refractivity contribution in [1.82, 2.24) is 0 Å². The maximum absolute atomic E-state index is 11.3. The van der Waals surface area contributed by atoms with Gasteiger partial charge in [-0.15, -0.1) is 0 Å². The molecule has 0 aliphatic rings. The van der Waals surface area contributed by atoms with Crippen LogP contribution >= 0.6 is 15.9 Å². The summed E-state index contributed by atoms with van der Waals surface area (Å²) in [6.07, 6.45) is -0.245. The number of carbonyl (C=O) groups is 2. The molecule has 0 radical (unpaired) electrons. The van der Waals surface area contributed by atoms with Crippen LogP contribution in [0.15, 0.2) is 28.7 Å². The van der Waals surface area contributed by atoms with E-state index in [9.17, 15) is 9.59 Å². The Hall–Kier alpha value is -1.40. The first-order valence-corrected chi connectivity index (χ1v) is 5.32. The van der Waals surface area contributed by atoms with E-state index in [-0.39, 0.29) is 6.42 Å². The number of carboxylic acid groups (broad SMARTS) is 1. The number of benzene rings is 1. The molecule has 0 saturated carbocycles. The Bertz CT molecular complexity index is 392. The van der Waals surface area contributed by atoms with Crippen molar-refractivity contribution < 1.29 is 14.7 Å². The van der Waals surface area contributed by atoms with Gasteiger partial charge >= 0.3 is 5.97 Å². The van der Waals surface area contributed by atoms with E-state index in [1.165, 1.54) is 0 Å². The number of nitrogens with one attached hydrogen (secondary N) is 1. The zero-order chi connectivity index (χ0) is 12.1. The lowest BCUT2D eigenvalue weighted by atomic mass is 10.2. The van der Waals surface area contributed by atoms with Crippen LogP contribution in [0.4, 0.5) is 5.69 Å². The molecule has 6 heteroatoms. The molecular weight excluding hydrogens is 276 g/mol. The van der Waals surface area contributed by atoms with Crippen LogP contribution in [0.3, 0.4) is 0 Å². The minimum absolute atomic E-state index is 0.245. The number of carboxylic acids is 1. The molecule has 0 aromatic heterocycles. The third-order valence-corrected chi connectivity index (χ3v) is 2.38. The Morgan fingerprint density at radius 3 is 2.44 bits per heavy atom. The van der Waals surface area contributed by atoms with E-state index in [1.54, 1.807) is 24.3 Å². The minimum Gasteiger partial charge on any atom is -0.480 e. The summed E-state index contributed by atoms with van der Waals surface area (Å²) in [5.41, 5.74) is 5.83. The molecule has 4 N–H and O–H groups in total. The monoisotopic (exact) mass is 286 g/mol. The third-order valence-electron chi connectivity index (χ3n) is 1.85. The predicted octanol–water partition coefficient (Wildman–Crippen LogP) is 1.19. The lowest BCUT2D eigenvalue weighted by Crippen LogP contribution is -2.34. The second-order valence-corrected chi connectivity index (χ2v) is 4.12. The summed E-state index contributed by atoms with van der Waals surface area (Å²) >= 11 is 3.26. The summed E-state index contributed by atoms with van der Waals surface area (Å²) in [6, 6.07) is 5.78. The van der Waals surface area contributed by atoms with E-state index in [4.69, 9.17) is 10.8 Å². The van der Waals surface area contributed by atoms with Gasteiger partial charge in [0, 0.05) is 10.2 Å². The van der Waals surface area contributed by atoms with Crippen molar-refractivity contribution in [2.24, 2.45) is 5.73 Å². The van der Waals surface area contributed by atoms with E-state index in [0.717, 1.165) is 4.47 Å². The zero-order valence-corrected chi connectivity index (χ0v) is 9.90. The van der Waals surface area contributed by atoms with E-state index >= 15 is 0 Å². The molecule has 16 heavy (non-hydrogen) atoms. The zero-order valence-electron chi connectivity index (χ0n) is 8.31. The van der Waals surface area contributed by atoms with Crippen molar-refractivity contribution in [2.75, 3.05) is 5.32 Å². The van der Waals surface area contributed by atoms with Crippen LogP contribution < -0.4 is 11.1 Å². The lowest BCUT2D eigenvalue weighted by molar-refractivity contribution is -0.140. The number of halogens is 1. The molecule has 0 spiro atoms. The highest BCUT2D eigenvalue weighted by Gasteiger charge is 2.15. The Morgan fingerprint density at radius 2 is 1.94 bits per heavy atom. The molecule has 0 bridgehead atoms. The fourth-order valence-electron chi connectivity index (χ4n) is 1.03. The first kappa shape index (κ1) is 12.7. The van der Waals surface area contributed by atoms with Gasteiger partial charge in [0.15, 0.2) is 0 Å². The van der Waals surface area contributed by atoms with E-state index < -0.39 is 17.9 Å². The summed E-state index contributed by atoms with van der Waals surface area (Å²) in [5.74, 6) is -1.61. The van der Waals surface area contributed by atoms with Gasteiger partial charge in [0.1, 0.15) is 6.04 Å². The van der Waals surface area contributed by atoms with E-state index in [0.29, 0.717) is 5.69 Å². The molecule has 1 rings (SSSR count). The van der Waals surface area contributed by atoms with Gasteiger partial charge < -0.3 is 16.2 Å². The van der Waals surface area contributed by atoms with Crippen LogP contribution in [0.2, 0.25) is 0 Å². The average molecular weight is 287 g/mol. The van der Waals surface area contributed by atoms with E-state index in [2.05, 4.69) is 21.2 Å². The van der Waals surface area contributed by atoms with Crippen molar-refractivity contribution >= 4 is 33.5 Å². The number of anilines is 1. The van der Waals surface area contributed by atoms with Crippen LogP contribution in [0, 0.1) is 0 Å². The predicted molar refractivity (Wildman–Crippen MR) is 63.0 cm³/mol. The standard InChI is InChI=1S/C10H11BrN2O3/c11-6-1-3-7(4-2-6)13-9(14)5-8(12)10(15)16/h1-4,8H,5,12H2,(H,13,14)(H,15,16)/t8-/m0/s1. The topological polar surface area (TPSA) is 92.4 Å². The summed E-state index contributed by atoms with van der Waals surface area (Å²) in [6.45, 7) is 0. The molecule has 0 saturated heterocycles. The number of hydrogen-bond acceptors (Lipinski definition) is 3. The normalized spacial score (nSPS) is 11.9. The molecule has 0 fully saturated rings. The maximum atomic E-state index is 11.3. The number of aliphatic carboxylic acids is 1. The summed E-state index contributed by atoms with van der Waals surface area (Å²) < 4.78 is 0.896. The number of rotatable bonds is 4. The van der Waals surface area contributed by atoms with Crippen molar-refractivity contribution in [3.8, 4) is 0 Å². The number of hydrogen-bond donors (Lipinski definition) is 3. The van der Waals surface area contributed by atoms with Crippen molar-refractivity contribution in [2.45, 2.75) is 12.5 Å². The quantitative estimate of drug-likeness (QED) is 0.775. The van der Waals surface area contributed by atoms with Crippen molar-refractivity contribution in [1.29, 1.82) is 0 Å². The fraction of sp³-hybridized carbons (Fsp3) is 0.200. The highest BCUT2D eigenvalue weighted by atomic mass is 79.9. The van der Waals surface area contributed by atoms with Crippen LogP contribution in [0.25, 0.3) is 0 Å². The molecule has 0 unspecified atom stereocenters. The smallest absolute Gasteiger partial charge is 0.321 e. The average Bonchev–Trinajstić information content (AvgIpc) is 2.21. The first-order chi connectivity index (χ1) is 7.49. The summed E-state index contributed by atoms with van der Waals surface area (Å²) in [7, 11) is 0. The molecule has 1 aromatic carbocycles. The number of carbonyl (C=O) groups excluding carboxylic acids is 1. The van der Waals surface area contributed by atoms with Crippen molar-refractivity contribution in [3.05, 3.63) is 28.7 Å². The Kier molecular flexibility index (Phi) is 4.45. The second-order valence-electron chi connectivity index (χ2n) is 3.20. The SMILES string of the molecule is N[C@@H](CC(=O)Nc1ccc(Br)cc1)C(=O)O. The van der Waals surface area contributed by atoms with Gasteiger partial charge in [0.2, 0.25) is 5.91 Å². The molecule has 1 aromatic rings. The maximum Gasteiger partial charge on any atom is 0.321 e. The molecule has 1 atom stereocenters. The van der Waals surface area contributed by atoms with Gasteiger partial charge in [-0.3, -0.25) is 9.59 Å². The van der Waals surface area contributed by atoms with Gasteiger partial charge in [-0.25, -0.2) is 0 Å². The molecule has 5 nitrogen and oxygen atoms in total. The minimum atomic E-state index is -1.19. The van der Waals surface area contributed by atoms with Gasteiger partial charge in [-0.2, -0.15) is 0 Å². The van der Waals surface area contributed by atoms with Gasteiger partial charge in [-0.05, 0) is 24.3 Å². The van der Waals surface area contributed by atoms with Crippen LogP contribution in [0.5, 0.6) is 0 Å². The van der Waals surface area contributed by atoms with Gasteiger partial charge in [0.25, 0.3) is 0 Å². The highest BCUT2D eigenvalue weighted by Crippen LogP contribution is 2.14. The van der Waals surface area contributed by atoms with Crippen LogP contribution in [-0.2, 0) is 9.59 Å². The number of nitrogens with two attached hydrogens (primary N) is 1. The molecule has 0 aliphatic carbocycles. The van der Waals surface area contributed by atoms with Gasteiger partial charge in [-0.1, -0.05) is 15.9 Å². The Labute approximate surface area is 101 Å². The highest BCUT2D eigenvalue weighted by molar-refractivity contribution is 9.10. The molecule has 86 valence electrons. The third kappa shape index (κ3) is 4.00. The fourth-order valence-corrected chi connectivity index (χ4v) is 1.30. The van der Waals surface area contributed by atoms with Gasteiger partial charge in [0.05, 0.1) is 6.42 Å². The number of amides is 1. The van der Waals surface area contributed by atoms with Crippen LogP contribution in [-0.4, -0.2) is 23.0 Å². The van der Waals surface area contributed by atoms with Crippen molar-refractivity contribution in [3.63, 3.8) is 0 Å². The lowest BCUT2D eigenvalue weighted by Gasteiger charge is -2.07. The molecular formula is C10H11BrN2O3. The molecule has 0 aliphatic heterocycles. The largest absolute Gasteiger partial charge is 0.480 e. The Morgan fingerprint density at radius 1 is 1.38 bits per heavy atom. The first-order valence-electron chi connectivity index (χ1n) is 4.53. The van der Waals surface area contributed by atoms with E-state index in [1.807, 2.05) is 0 Å². The Balaban J connectivity index is 2.52. The van der Waals surface area contributed by atoms with Crippen LogP contribution in [0.1, 0.15) is 6.42 Å². The molecule has 0 heterocycles. The second kappa shape index (κ2) is 5.62. The summed E-state index contributed by atoms with van der Waals surface area (Å²) in [4.78, 5) is 21.8. The summed E-state index contributed by atoms with van der Waals surface area (Å²) in [5, 5.41) is 11.1.